The van der Waals surface area contributed by atoms with Crippen LogP contribution < -0.4 is 15.4 Å². The van der Waals surface area contributed by atoms with E-state index in [0.717, 1.165) is 6.07 Å². The molecule has 0 saturated carbocycles. The van der Waals surface area contributed by atoms with E-state index in [1.165, 1.54) is 18.3 Å². The molecule has 0 aliphatic heterocycles. The minimum atomic E-state index is -0.631. The number of nitrogens with zero attached hydrogens (tertiary/aromatic N) is 1. The lowest BCUT2D eigenvalue weighted by molar-refractivity contribution is -0.122. The van der Waals surface area contributed by atoms with Crippen molar-refractivity contribution in [2.75, 3.05) is 13.2 Å². The first kappa shape index (κ1) is 21.4. The Morgan fingerprint density at radius 3 is 2.82 bits per heavy atom. The zero-order chi connectivity index (χ0) is 20.7. The topological polar surface area (TPSA) is 93.5 Å². The molecular formula is C19H21ClFN3O4. The molecule has 0 atom stereocenters. The third-order valence-electron chi connectivity index (χ3n) is 3.66. The Morgan fingerprint density at radius 2 is 2.14 bits per heavy atom. The van der Waals surface area contributed by atoms with E-state index in [4.69, 9.17) is 20.9 Å². The molecule has 0 spiro atoms. The standard InChI is InChI=1S/C19H21ClFN3O4/c1-11(2)18-14(9-23-28-18)19(26)22-7-6-12(3)24-17(25)10-27-13-4-5-15(20)16(21)8-13/h4-5,8-9,11H,3,6-7,10H2,1-2H3,(H,22,26)(H,24,25). The molecular weight excluding hydrogens is 389 g/mol. The van der Waals surface area contributed by atoms with Gasteiger partial charge in [0, 0.05) is 30.6 Å². The van der Waals surface area contributed by atoms with E-state index in [1.807, 2.05) is 13.8 Å². The Kier molecular flexibility index (Phi) is 7.57. The van der Waals surface area contributed by atoms with E-state index < -0.39 is 11.7 Å². The van der Waals surface area contributed by atoms with Crippen LogP contribution in [0.1, 0.15) is 42.3 Å². The van der Waals surface area contributed by atoms with Gasteiger partial charge in [-0.2, -0.15) is 0 Å². The number of nitrogens with one attached hydrogen (secondary N) is 2. The molecule has 7 nitrogen and oxygen atoms in total. The van der Waals surface area contributed by atoms with Crippen molar-refractivity contribution in [3.63, 3.8) is 0 Å². The van der Waals surface area contributed by atoms with Crippen LogP contribution in [0.3, 0.4) is 0 Å². The van der Waals surface area contributed by atoms with Gasteiger partial charge in [0.05, 0.1) is 11.2 Å². The van der Waals surface area contributed by atoms with Gasteiger partial charge in [0.2, 0.25) is 0 Å². The highest BCUT2D eigenvalue weighted by Gasteiger charge is 2.18. The van der Waals surface area contributed by atoms with Gasteiger partial charge in [-0.25, -0.2) is 4.39 Å². The molecule has 1 aromatic carbocycles. The number of amides is 2. The quantitative estimate of drug-likeness (QED) is 0.661. The van der Waals surface area contributed by atoms with Crippen LogP contribution in [0.5, 0.6) is 5.75 Å². The van der Waals surface area contributed by atoms with Crippen LogP contribution in [0, 0.1) is 5.82 Å². The Hall–Kier alpha value is -2.87. The molecule has 2 aromatic rings. The number of rotatable bonds is 9. The van der Waals surface area contributed by atoms with Crippen molar-refractivity contribution in [1.82, 2.24) is 15.8 Å². The average Bonchev–Trinajstić information content (AvgIpc) is 3.13. The fourth-order valence-electron chi connectivity index (χ4n) is 2.27. The summed E-state index contributed by atoms with van der Waals surface area (Å²) in [6.07, 6.45) is 1.70. The molecule has 0 bridgehead atoms. The fourth-order valence-corrected chi connectivity index (χ4v) is 2.39. The van der Waals surface area contributed by atoms with E-state index in [1.54, 1.807) is 0 Å². The van der Waals surface area contributed by atoms with Crippen LogP contribution in [-0.4, -0.2) is 30.1 Å². The molecule has 0 saturated heterocycles. The molecule has 1 aromatic heterocycles. The first-order valence-corrected chi connectivity index (χ1v) is 8.94. The van der Waals surface area contributed by atoms with Crippen molar-refractivity contribution in [1.29, 1.82) is 0 Å². The summed E-state index contributed by atoms with van der Waals surface area (Å²) < 4.78 is 23.6. The van der Waals surface area contributed by atoms with Gasteiger partial charge in [-0.1, -0.05) is 37.2 Å². The zero-order valence-corrected chi connectivity index (χ0v) is 16.3. The van der Waals surface area contributed by atoms with Crippen LogP contribution >= 0.6 is 11.6 Å². The predicted octanol–water partition coefficient (Wildman–Crippen LogP) is 3.42. The largest absolute Gasteiger partial charge is 0.484 e. The molecule has 150 valence electrons. The number of hydrogen-bond donors (Lipinski definition) is 2. The predicted molar refractivity (Wildman–Crippen MR) is 102 cm³/mol. The van der Waals surface area contributed by atoms with Crippen LogP contribution in [0.15, 0.2) is 41.2 Å². The SMILES string of the molecule is C=C(CCNC(=O)c1cnoc1C(C)C)NC(=O)COc1ccc(Cl)c(F)c1. The first-order chi connectivity index (χ1) is 13.3. The highest BCUT2D eigenvalue weighted by Crippen LogP contribution is 2.20. The molecule has 0 aliphatic carbocycles. The van der Waals surface area contributed by atoms with E-state index in [9.17, 15) is 14.0 Å². The van der Waals surface area contributed by atoms with Crippen molar-refractivity contribution < 1.29 is 23.2 Å². The number of aromatic nitrogens is 1. The summed E-state index contributed by atoms with van der Waals surface area (Å²) in [5.74, 6) is -0.658. The second-order valence-corrected chi connectivity index (χ2v) is 6.69. The van der Waals surface area contributed by atoms with E-state index in [-0.39, 0.29) is 35.7 Å². The summed E-state index contributed by atoms with van der Waals surface area (Å²) >= 11 is 5.58. The summed E-state index contributed by atoms with van der Waals surface area (Å²) in [7, 11) is 0. The molecule has 2 N–H and O–H groups in total. The third-order valence-corrected chi connectivity index (χ3v) is 3.96. The smallest absolute Gasteiger partial charge is 0.262 e. The normalized spacial score (nSPS) is 10.6. The number of ether oxygens (including phenoxy) is 1. The Labute approximate surface area is 166 Å². The Balaban J connectivity index is 1.71. The first-order valence-electron chi connectivity index (χ1n) is 8.56. The lowest BCUT2D eigenvalue weighted by Gasteiger charge is -2.11. The molecule has 2 rings (SSSR count). The molecule has 28 heavy (non-hydrogen) atoms. The van der Waals surface area contributed by atoms with E-state index >= 15 is 0 Å². The monoisotopic (exact) mass is 409 g/mol. The number of carbonyl (C=O) groups excluding carboxylic acids is 2. The number of halogens is 2. The van der Waals surface area contributed by atoms with Crippen LogP contribution in [-0.2, 0) is 4.79 Å². The summed E-state index contributed by atoms with van der Waals surface area (Å²) in [6.45, 7) is 7.48. The van der Waals surface area contributed by atoms with Crippen molar-refractivity contribution in [2.45, 2.75) is 26.2 Å². The van der Waals surface area contributed by atoms with Gasteiger partial charge in [-0.05, 0) is 12.1 Å². The lowest BCUT2D eigenvalue weighted by Crippen LogP contribution is -2.31. The molecule has 2 amide bonds. The maximum Gasteiger partial charge on any atom is 0.262 e. The maximum atomic E-state index is 13.3. The van der Waals surface area contributed by atoms with Gasteiger partial charge in [0.25, 0.3) is 11.8 Å². The number of hydrogen-bond acceptors (Lipinski definition) is 5. The van der Waals surface area contributed by atoms with Crippen molar-refractivity contribution >= 4 is 23.4 Å². The summed E-state index contributed by atoms with van der Waals surface area (Å²) in [5.41, 5.74) is 0.791. The van der Waals surface area contributed by atoms with E-state index in [2.05, 4.69) is 22.4 Å². The molecule has 0 unspecified atom stereocenters. The fraction of sp³-hybridized carbons (Fsp3) is 0.316. The molecule has 1 heterocycles. The Bertz CT molecular complexity index is 867. The third kappa shape index (κ3) is 6.09. The minimum Gasteiger partial charge on any atom is -0.484 e. The van der Waals surface area contributed by atoms with Crippen molar-refractivity contribution in [3.05, 3.63) is 58.8 Å². The van der Waals surface area contributed by atoms with Gasteiger partial charge in [0.1, 0.15) is 17.1 Å². The lowest BCUT2D eigenvalue weighted by atomic mass is 10.1. The van der Waals surface area contributed by atoms with Crippen LogP contribution in [0.4, 0.5) is 4.39 Å². The van der Waals surface area contributed by atoms with Gasteiger partial charge < -0.3 is 19.9 Å². The van der Waals surface area contributed by atoms with E-state index in [0.29, 0.717) is 23.4 Å². The van der Waals surface area contributed by atoms with Gasteiger partial charge in [0.15, 0.2) is 12.4 Å². The van der Waals surface area contributed by atoms with Gasteiger partial charge in [-0.3, -0.25) is 9.59 Å². The highest BCUT2D eigenvalue weighted by atomic mass is 35.5. The maximum absolute atomic E-state index is 13.3. The minimum absolute atomic E-state index is 0.0288. The summed E-state index contributed by atoms with van der Waals surface area (Å²) in [4.78, 5) is 24.0. The molecule has 0 radical (unpaired) electrons. The van der Waals surface area contributed by atoms with Crippen molar-refractivity contribution in [2.24, 2.45) is 0 Å². The van der Waals surface area contributed by atoms with Gasteiger partial charge in [-0.15, -0.1) is 0 Å². The summed E-state index contributed by atoms with van der Waals surface area (Å²) in [6, 6.07) is 3.89. The zero-order valence-electron chi connectivity index (χ0n) is 15.6. The van der Waals surface area contributed by atoms with Crippen LogP contribution in [0.25, 0.3) is 0 Å². The average molecular weight is 410 g/mol. The van der Waals surface area contributed by atoms with Crippen molar-refractivity contribution in [3.8, 4) is 5.75 Å². The van der Waals surface area contributed by atoms with Gasteiger partial charge >= 0.3 is 0 Å². The second kappa shape index (κ2) is 9.89. The summed E-state index contributed by atoms with van der Waals surface area (Å²) in [5, 5.41) is 8.89. The molecule has 0 fully saturated rings. The number of carbonyl (C=O) groups is 2. The highest BCUT2D eigenvalue weighted by molar-refractivity contribution is 6.30. The van der Waals surface area contributed by atoms with Crippen LogP contribution in [0.2, 0.25) is 5.02 Å². The second-order valence-electron chi connectivity index (χ2n) is 6.28. The Morgan fingerprint density at radius 1 is 1.39 bits per heavy atom. The number of benzene rings is 1. The molecule has 0 aliphatic rings. The molecule has 9 heteroatoms.